The molecule has 0 aliphatic rings. The molecule has 0 fully saturated rings. The molecule has 0 radical (unpaired) electrons. The van der Waals surface area contributed by atoms with Crippen molar-refractivity contribution in [3.8, 4) is 0 Å². The Morgan fingerprint density at radius 3 is 2.52 bits per heavy atom. The molecule has 0 bridgehead atoms. The summed E-state index contributed by atoms with van der Waals surface area (Å²) in [5, 5.41) is 17.6. The molecule has 1 aromatic heterocycles. The van der Waals surface area contributed by atoms with Gasteiger partial charge in [-0.15, -0.1) is 0 Å². The third kappa shape index (κ3) is 2.91. The van der Waals surface area contributed by atoms with Crippen LogP contribution in [0.4, 0.5) is 11.4 Å². The topological polar surface area (TPSA) is 90.1 Å². The van der Waals surface area contributed by atoms with E-state index in [0.717, 1.165) is 12.0 Å². The van der Waals surface area contributed by atoms with Crippen molar-refractivity contribution in [3.05, 3.63) is 51.3 Å². The van der Waals surface area contributed by atoms with Crippen LogP contribution >= 0.6 is 0 Å². The summed E-state index contributed by atoms with van der Waals surface area (Å²) < 4.78 is 1.33. The van der Waals surface area contributed by atoms with Gasteiger partial charge in [-0.05, 0) is 31.0 Å². The fraction of sp³-hybridized carbons (Fsp3) is 0.286. The number of amides is 1. The molecule has 1 N–H and O–H groups in total. The first-order valence-corrected chi connectivity index (χ1v) is 6.52. The maximum atomic E-state index is 12.2. The van der Waals surface area contributed by atoms with E-state index in [0.29, 0.717) is 11.4 Å². The van der Waals surface area contributed by atoms with E-state index in [-0.39, 0.29) is 11.4 Å². The summed E-state index contributed by atoms with van der Waals surface area (Å²) >= 11 is 0. The molecular weight excluding hydrogens is 272 g/mol. The highest BCUT2D eigenvalue weighted by Gasteiger charge is 2.28. The van der Waals surface area contributed by atoms with E-state index in [1.54, 1.807) is 26.1 Å². The summed E-state index contributed by atoms with van der Waals surface area (Å²) in [5.41, 5.74) is 1.62. The van der Waals surface area contributed by atoms with Crippen LogP contribution < -0.4 is 5.32 Å². The number of aryl methyl sites for hydroxylation is 2. The van der Waals surface area contributed by atoms with E-state index in [2.05, 4.69) is 10.4 Å². The molecule has 0 saturated carbocycles. The predicted molar refractivity (Wildman–Crippen MR) is 78.4 cm³/mol. The molecule has 1 amide bonds. The highest BCUT2D eigenvalue weighted by molar-refractivity contribution is 6.05. The van der Waals surface area contributed by atoms with Crippen molar-refractivity contribution < 1.29 is 9.72 Å². The van der Waals surface area contributed by atoms with Crippen molar-refractivity contribution in [3.63, 3.8) is 0 Å². The number of carbonyl (C=O) groups is 1. The van der Waals surface area contributed by atoms with Gasteiger partial charge in [-0.1, -0.05) is 19.1 Å². The molecule has 2 aromatic rings. The minimum absolute atomic E-state index is 0.181. The first kappa shape index (κ1) is 14.7. The van der Waals surface area contributed by atoms with Crippen molar-refractivity contribution in [2.45, 2.75) is 20.3 Å². The summed E-state index contributed by atoms with van der Waals surface area (Å²) in [6, 6.07) is 7.32. The SMILES string of the molecule is CCc1ccc(NC(=O)c2nn(C)c(C)c2[N+](=O)[O-])cc1. The van der Waals surface area contributed by atoms with Gasteiger partial charge in [-0.2, -0.15) is 5.10 Å². The van der Waals surface area contributed by atoms with Crippen LogP contribution in [0.1, 0.15) is 28.7 Å². The molecule has 0 aliphatic carbocycles. The molecule has 0 aliphatic heterocycles. The van der Waals surface area contributed by atoms with E-state index >= 15 is 0 Å². The zero-order chi connectivity index (χ0) is 15.6. The number of hydrogen-bond donors (Lipinski definition) is 1. The summed E-state index contributed by atoms with van der Waals surface area (Å²) in [4.78, 5) is 22.7. The van der Waals surface area contributed by atoms with Gasteiger partial charge in [0, 0.05) is 12.7 Å². The zero-order valence-corrected chi connectivity index (χ0v) is 12.1. The Balaban J connectivity index is 2.28. The zero-order valence-electron chi connectivity index (χ0n) is 12.1. The van der Waals surface area contributed by atoms with E-state index < -0.39 is 10.8 Å². The number of aromatic nitrogens is 2. The lowest BCUT2D eigenvalue weighted by atomic mass is 10.1. The minimum atomic E-state index is -0.588. The Bertz CT molecular complexity index is 689. The first-order chi connectivity index (χ1) is 9.93. The van der Waals surface area contributed by atoms with Gasteiger partial charge in [0.2, 0.25) is 5.69 Å². The Morgan fingerprint density at radius 2 is 2.00 bits per heavy atom. The fourth-order valence-corrected chi connectivity index (χ4v) is 1.98. The number of rotatable bonds is 4. The van der Waals surface area contributed by atoms with E-state index in [1.165, 1.54) is 4.68 Å². The average Bonchev–Trinajstić information content (AvgIpc) is 2.76. The number of hydrogen-bond acceptors (Lipinski definition) is 4. The molecular formula is C14H16N4O3. The van der Waals surface area contributed by atoms with Crippen LogP contribution in [-0.4, -0.2) is 20.6 Å². The third-order valence-electron chi connectivity index (χ3n) is 3.32. The minimum Gasteiger partial charge on any atom is -0.320 e. The molecule has 0 saturated heterocycles. The summed E-state index contributed by atoms with van der Waals surface area (Å²) in [6.45, 7) is 3.59. The summed E-state index contributed by atoms with van der Waals surface area (Å²) in [6.07, 6.45) is 0.902. The molecule has 7 heteroatoms. The van der Waals surface area contributed by atoms with Gasteiger partial charge in [0.15, 0.2) is 0 Å². The van der Waals surface area contributed by atoms with Gasteiger partial charge in [-0.25, -0.2) is 0 Å². The number of nitro groups is 1. The van der Waals surface area contributed by atoms with Crippen molar-refractivity contribution in [2.75, 3.05) is 5.32 Å². The van der Waals surface area contributed by atoms with Gasteiger partial charge in [-0.3, -0.25) is 19.6 Å². The quantitative estimate of drug-likeness (QED) is 0.691. The van der Waals surface area contributed by atoms with Crippen LogP contribution in [0.2, 0.25) is 0 Å². The highest BCUT2D eigenvalue weighted by Crippen LogP contribution is 2.23. The molecule has 0 spiro atoms. The number of nitrogens with zero attached hydrogens (tertiary/aromatic N) is 3. The second-order valence-electron chi connectivity index (χ2n) is 4.67. The second kappa shape index (κ2) is 5.74. The Hall–Kier alpha value is -2.70. The highest BCUT2D eigenvalue weighted by atomic mass is 16.6. The van der Waals surface area contributed by atoms with Gasteiger partial charge in [0.05, 0.1) is 4.92 Å². The Kier molecular flexibility index (Phi) is 4.02. The standard InChI is InChI=1S/C14H16N4O3/c1-4-10-5-7-11(8-6-10)15-14(19)12-13(18(20)21)9(2)17(3)16-12/h5-8H,4H2,1-3H3,(H,15,19). The average molecular weight is 288 g/mol. The van der Waals surface area contributed by atoms with E-state index in [4.69, 9.17) is 0 Å². The Morgan fingerprint density at radius 1 is 1.38 bits per heavy atom. The van der Waals surface area contributed by atoms with Gasteiger partial charge in [0.1, 0.15) is 5.69 Å². The van der Waals surface area contributed by atoms with Crippen LogP contribution in [-0.2, 0) is 13.5 Å². The van der Waals surface area contributed by atoms with Crippen molar-refractivity contribution in [2.24, 2.45) is 7.05 Å². The normalized spacial score (nSPS) is 10.4. The fourth-order valence-electron chi connectivity index (χ4n) is 1.98. The van der Waals surface area contributed by atoms with E-state index in [1.807, 2.05) is 19.1 Å². The summed E-state index contributed by atoms with van der Waals surface area (Å²) in [5.74, 6) is -0.588. The van der Waals surface area contributed by atoms with Gasteiger partial charge >= 0.3 is 5.69 Å². The lowest BCUT2D eigenvalue weighted by Gasteiger charge is -2.04. The lowest BCUT2D eigenvalue weighted by molar-refractivity contribution is -0.385. The molecule has 21 heavy (non-hydrogen) atoms. The largest absolute Gasteiger partial charge is 0.322 e. The molecule has 2 rings (SSSR count). The molecule has 7 nitrogen and oxygen atoms in total. The number of nitrogens with one attached hydrogen (secondary N) is 1. The molecule has 0 atom stereocenters. The molecule has 0 unspecified atom stereocenters. The van der Waals surface area contributed by atoms with Gasteiger partial charge in [0.25, 0.3) is 5.91 Å². The van der Waals surface area contributed by atoms with Crippen LogP contribution in [0, 0.1) is 17.0 Å². The third-order valence-corrected chi connectivity index (χ3v) is 3.32. The van der Waals surface area contributed by atoms with E-state index in [9.17, 15) is 14.9 Å². The molecule has 110 valence electrons. The monoisotopic (exact) mass is 288 g/mol. The summed E-state index contributed by atoms with van der Waals surface area (Å²) in [7, 11) is 1.56. The molecule has 1 heterocycles. The van der Waals surface area contributed by atoms with Crippen LogP contribution in [0.5, 0.6) is 0 Å². The predicted octanol–water partition coefficient (Wildman–Crippen LogP) is 2.45. The van der Waals surface area contributed by atoms with Crippen molar-refractivity contribution in [1.82, 2.24) is 9.78 Å². The number of benzene rings is 1. The van der Waals surface area contributed by atoms with Crippen LogP contribution in [0.3, 0.4) is 0 Å². The van der Waals surface area contributed by atoms with Crippen LogP contribution in [0.15, 0.2) is 24.3 Å². The van der Waals surface area contributed by atoms with Crippen molar-refractivity contribution in [1.29, 1.82) is 0 Å². The maximum Gasteiger partial charge on any atom is 0.322 e. The number of anilines is 1. The molecule has 1 aromatic carbocycles. The van der Waals surface area contributed by atoms with Crippen molar-refractivity contribution >= 4 is 17.3 Å². The smallest absolute Gasteiger partial charge is 0.320 e. The number of carbonyl (C=O) groups excluding carboxylic acids is 1. The van der Waals surface area contributed by atoms with Crippen LogP contribution in [0.25, 0.3) is 0 Å². The second-order valence-corrected chi connectivity index (χ2v) is 4.67. The maximum absolute atomic E-state index is 12.2. The van der Waals surface area contributed by atoms with Gasteiger partial charge < -0.3 is 5.32 Å². The first-order valence-electron chi connectivity index (χ1n) is 6.52. The lowest BCUT2D eigenvalue weighted by Crippen LogP contribution is -2.14. The Labute approximate surface area is 121 Å².